The van der Waals surface area contributed by atoms with Gasteiger partial charge in [0.1, 0.15) is 34.3 Å². The van der Waals surface area contributed by atoms with Gasteiger partial charge in [-0.3, -0.25) is 18.8 Å². The van der Waals surface area contributed by atoms with Crippen LogP contribution in [-0.4, -0.2) is 61.9 Å². The highest BCUT2D eigenvalue weighted by molar-refractivity contribution is 6.58. The van der Waals surface area contributed by atoms with Crippen molar-refractivity contribution < 1.29 is 33.6 Å². The van der Waals surface area contributed by atoms with E-state index < -0.39 is 24.4 Å². The first-order valence-electron chi connectivity index (χ1n) is 16.9. The lowest BCUT2D eigenvalue weighted by Crippen LogP contribution is -2.30. The van der Waals surface area contributed by atoms with E-state index in [1.807, 2.05) is 23.5 Å². The summed E-state index contributed by atoms with van der Waals surface area (Å²) in [5.41, 5.74) is 6.76. The number of amides is 2. The molecule has 1 aliphatic rings. The second kappa shape index (κ2) is 15.0. The quantitative estimate of drug-likeness (QED) is 0.0687. The summed E-state index contributed by atoms with van der Waals surface area (Å²) in [5, 5.41) is 41.2. The van der Waals surface area contributed by atoms with Gasteiger partial charge >= 0.3 is 13.0 Å². The maximum Gasteiger partial charge on any atom is 0.488 e. The molecule has 2 aromatic carbocycles. The number of anilines is 1. The fourth-order valence-electron chi connectivity index (χ4n) is 6.20. The molecule has 268 valence electrons. The van der Waals surface area contributed by atoms with Crippen molar-refractivity contribution in [3.8, 4) is 17.2 Å². The first-order valence-corrected chi connectivity index (χ1v) is 16.9. The summed E-state index contributed by atoms with van der Waals surface area (Å²) >= 11 is 0. The van der Waals surface area contributed by atoms with Crippen molar-refractivity contribution in [2.45, 2.75) is 45.1 Å². The molecule has 1 aliphatic carbocycles. The SMILES string of the molecule is Cc1ccc(-c2nc3ccc(C(=O)N/N=C/c4cc(/C=N/NC(=O)c5cc(=O)c6ccc(O)cc6o5)cc(B(O)O)c4)cn3c2NC2CCCCC2)o1. The summed E-state index contributed by atoms with van der Waals surface area (Å²) in [6.45, 7) is 1.87. The maximum atomic E-state index is 13.3. The Bertz CT molecular complexity index is 2460. The zero-order valence-electron chi connectivity index (χ0n) is 28.4. The third-order valence-electron chi connectivity index (χ3n) is 8.79. The molecule has 0 atom stereocenters. The Kier molecular flexibility index (Phi) is 9.88. The van der Waals surface area contributed by atoms with Gasteiger partial charge in [-0.2, -0.15) is 10.2 Å². The van der Waals surface area contributed by atoms with Gasteiger partial charge in [-0.1, -0.05) is 31.4 Å². The molecule has 16 heteroatoms. The van der Waals surface area contributed by atoms with Crippen molar-refractivity contribution in [3.63, 3.8) is 0 Å². The molecule has 0 unspecified atom stereocenters. The van der Waals surface area contributed by atoms with Gasteiger partial charge in [-0.15, -0.1) is 0 Å². The number of carbonyl (C=O) groups is 2. The standard InChI is InChI=1S/C37H34BN7O8/c1-21-7-11-30(52-21)34-35(41-26-5-3-2-4-6-26)45-20-24(8-12-33(45)42-34)36(48)43-39-18-22-13-23(15-25(14-22)38(50)51)19-40-44-37(49)32-17-29(47)28-10-9-27(46)16-31(28)53-32/h7-20,26,41,46,50-51H,2-6H2,1H3,(H,43,48)(H,44,49)/b39-18+,40-19+. The van der Waals surface area contributed by atoms with E-state index in [2.05, 4.69) is 26.4 Å². The largest absolute Gasteiger partial charge is 0.508 e. The van der Waals surface area contributed by atoms with Crippen LogP contribution in [0.2, 0.25) is 0 Å². The number of phenolic OH excluding ortho intramolecular Hbond substituents is 1. The average molecular weight is 716 g/mol. The van der Waals surface area contributed by atoms with Crippen molar-refractivity contribution in [1.29, 1.82) is 0 Å². The number of hydrogen-bond acceptors (Lipinski definition) is 12. The summed E-state index contributed by atoms with van der Waals surface area (Å²) in [7, 11) is -1.84. The lowest BCUT2D eigenvalue weighted by atomic mass is 9.79. The minimum atomic E-state index is -1.84. The maximum absolute atomic E-state index is 13.3. The Morgan fingerprint density at radius 3 is 2.34 bits per heavy atom. The number of hydrogen-bond donors (Lipinski definition) is 6. The number of pyridine rings is 1. The first kappa shape index (κ1) is 34.9. The van der Waals surface area contributed by atoms with Gasteiger partial charge in [0.05, 0.1) is 23.4 Å². The van der Waals surface area contributed by atoms with Gasteiger partial charge in [0.15, 0.2) is 16.9 Å². The van der Waals surface area contributed by atoms with Gasteiger partial charge in [0, 0.05) is 24.4 Å². The molecule has 4 aromatic heterocycles. The molecule has 6 aromatic rings. The van der Waals surface area contributed by atoms with Crippen LogP contribution in [0.1, 0.15) is 69.9 Å². The number of aromatic hydroxyl groups is 1. The van der Waals surface area contributed by atoms with Gasteiger partial charge in [-0.05, 0) is 78.8 Å². The van der Waals surface area contributed by atoms with Crippen molar-refractivity contribution in [2.24, 2.45) is 10.2 Å². The van der Waals surface area contributed by atoms with Crippen LogP contribution in [0.5, 0.6) is 5.75 Å². The number of nitrogens with one attached hydrogen (secondary N) is 3. The number of benzene rings is 2. The van der Waals surface area contributed by atoms with Gasteiger partial charge in [0.2, 0.25) is 0 Å². The smallest absolute Gasteiger partial charge is 0.488 e. The molecule has 0 saturated heterocycles. The predicted molar refractivity (Wildman–Crippen MR) is 199 cm³/mol. The first-order chi connectivity index (χ1) is 25.6. The molecule has 0 spiro atoms. The number of carbonyl (C=O) groups excluding carboxylic acids is 2. The molecule has 15 nitrogen and oxygen atoms in total. The number of rotatable bonds is 10. The van der Waals surface area contributed by atoms with Crippen LogP contribution < -0.4 is 27.1 Å². The minimum absolute atomic E-state index is 0.0280. The molecule has 1 saturated carbocycles. The summed E-state index contributed by atoms with van der Waals surface area (Å²) in [5.74, 6) is 0.348. The summed E-state index contributed by atoms with van der Waals surface area (Å²) in [6, 6.07) is 16.8. The van der Waals surface area contributed by atoms with Gasteiger partial charge in [0.25, 0.3) is 5.91 Å². The Morgan fingerprint density at radius 2 is 1.64 bits per heavy atom. The monoisotopic (exact) mass is 715 g/mol. The fourth-order valence-corrected chi connectivity index (χ4v) is 6.20. The van der Waals surface area contributed by atoms with Crippen LogP contribution in [-0.2, 0) is 0 Å². The van der Waals surface area contributed by atoms with E-state index in [0.717, 1.165) is 43.3 Å². The number of aryl methyl sites for hydroxylation is 1. The number of nitrogens with zero attached hydrogens (tertiary/aromatic N) is 4. The zero-order chi connectivity index (χ0) is 37.1. The molecular formula is C37H34BN7O8. The number of imidazole rings is 1. The normalized spacial score (nSPS) is 13.6. The molecular weight excluding hydrogens is 681 g/mol. The van der Waals surface area contributed by atoms with Crippen LogP contribution in [0.15, 0.2) is 96.8 Å². The number of fused-ring (bicyclic) bond motifs is 2. The highest BCUT2D eigenvalue weighted by Crippen LogP contribution is 2.33. The number of aromatic nitrogens is 2. The van der Waals surface area contributed by atoms with E-state index >= 15 is 0 Å². The Morgan fingerprint density at radius 1 is 0.906 bits per heavy atom. The Labute approximate surface area is 301 Å². The van der Waals surface area contributed by atoms with Crippen LogP contribution in [0.4, 0.5) is 5.82 Å². The molecule has 7 rings (SSSR count). The lowest BCUT2D eigenvalue weighted by Gasteiger charge is -2.24. The van der Waals surface area contributed by atoms with E-state index in [1.54, 1.807) is 24.4 Å². The number of hydrazone groups is 2. The molecule has 1 fully saturated rings. The molecule has 2 amide bonds. The molecule has 4 heterocycles. The van der Waals surface area contributed by atoms with E-state index in [1.165, 1.54) is 49.2 Å². The Hall–Kier alpha value is -6.52. The van der Waals surface area contributed by atoms with Crippen LogP contribution in [0.25, 0.3) is 28.1 Å². The van der Waals surface area contributed by atoms with Gasteiger partial charge in [-0.25, -0.2) is 15.8 Å². The number of furan rings is 1. The zero-order valence-corrected chi connectivity index (χ0v) is 28.4. The topological polar surface area (TPSA) is 216 Å². The van der Waals surface area contributed by atoms with Gasteiger partial charge < -0.3 is 29.3 Å². The van der Waals surface area contributed by atoms with Crippen molar-refractivity contribution in [3.05, 3.63) is 111 Å². The van der Waals surface area contributed by atoms with E-state index in [0.29, 0.717) is 33.8 Å². The molecule has 0 bridgehead atoms. The summed E-state index contributed by atoms with van der Waals surface area (Å²) in [4.78, 5) is 43.1. The highest BCUT2D eigenvalue weighted by atomic mass is 16.4. The average Bonchev–Trinajstić information content (AvgIpc) is 3.74. The van der Waals surface area contributed by atoms with Crippen LogP contribution in [0.3, 0.4) is 0 Å². The summed E-state index contributed by atoms with van der Waals surface area (Å²) < 4.78 is 13.2. The Balaban J connectivity index is 1.07. The van der Waals surface area contributed by atoms with Crippen LogP contribution in [0, 0.1) is 6.92 Å². The van der Waals surface area contributed by atoms with E-state index in [4.69, 9.17) is 13.8 Å². The minimum Gasteiger partial charge on any atom is -0.508 e. The number of phenols is 1. The third kappa shape index (κ3) is 7.88. The predicted octanol–water partition coefficient (Wildman–Crippen LogP) is 3.67. The highest BCUT2D eigenvalue weighted by Gasteiger charge is 2.22. The molecule has 6 N–H and O–H groups in total. The van der Waals surface area contributed by atoms with Crippen molar-refractivity contribution in [2.75, 3.05) is 5.32 Å². The van der Waals surface area contributed by atoms with Crippen molar-refractivity contribution >= 4 is 59.3 Å². The molecule has 0 aliphatic heterocycles. The fraction of sp³-hybridized carbons (Fsp3) is 0.189. The second-order valence-electron chi connectivity index (χ2n) is 12.7. The second-order valence-corrected chi connectivity index (χ2v) is 12.7. The lowest BCUT2D eigenvalue weighted by molar-refractivity contribution is 0.0926. The third-order valence-corrected chi connectivity index (χ3v) is 8.79. The summed E-state index contributed by atoms with van der Waals surface area (Å²) in [6.07, 6.45) is 9.81. The molecule has 0 radical (unpaired) electrons. The van der Waals surface area contributed by atoms with E-state index in [9.17, 15) is 29.5 Å². The van der Waals surface area contributed by atoms with E-state index in [-0.39, 0.29) is 34.0 Å². The van der Waals surface area contributed by atoms with Crippen LogP contribution >= 0.6 is 0 Å². The molecule has 53 heavy (non-hydrogen) atoms. The van der Waals surface area contributed by atoms with Crippen molar-refractivity contribution in [1.82, 2.24) is 20.2 Å².